The summed E-state index contributed by atoms with van der Waals surface area (Å²) in [5.74, 6) is -1.40. The zero-order chi connectivity index (χ0) is 36.7. The van der Waals surface area contributed by atoms with E-state index in [0.717, 1.165) is 6.42 Å². The average molecular weight is 726 g/mol. The molecule has 0 radical (unpaired) electrons. The van der Waals surface area contributed by atoms with E-state index in [9.17, 15) is 35.4 Å². The highest BCUT2D eigenvalue weighted by Gasteiger charge is 2.54. The first-order valence-electron chi connectivity index (χ1n) is 17.4. The van der Waals surface area contributed by atoms with Crippen LogP contribution in [0.5, 0.6) is 0 Å². The Morgan fingerprint density at radius 2 is 1.48 bits per heavy atom. The van der Waals surface area contributed by atoms with Gasteiger partial charge >= 0.3 is 0 Å². The molecule has 0 aromatic carbocycles. The van der Waals surface area contributed by atoms with Crippen molar-refractivity contribution in [1.82, 2.24) is 5.32 Å². The molecule has 0 amide bonds. The molecular formula is C30H59N7O13. The fourth-order valence-corrected chi connectivity index (χ4v) is 6.91. The second kappa shape index (κ2) is 19.3. The first-order valence-corrected chi connectivity index (χ1v) is 17.4. The second-order valence-corrected chi connectivity index (χ2v) is 13.6. The molecule has 3 saturated heterocycles. The summed E-state index contributed by atoms with van der Waals surface area (Å²) in [6, 6.07) is -2.64. The number of aliphatic hydroxyl groups is 6. The van der Waals surface area contributed by atoms with Gasteiger partial charge in [0.05, 0.1) is 30.9 Å². The molecule has 3 heterocycles. The van der Waals surface area contributed by atoms with Crippen molar-refractivity contribution in [2.75, 3.05) is 39.3 Å². The number of ketones is 1. The predicted molar refractivity (Wildman–Crippen MR) is 173 cm³/mol. The molecule has 4 rings (SSSR count). The molecule has 20 heteroatoms. The van der Waals surface area contributed by atoms with Gasteiger partial charge in [0.15, 0.2) is 24.7 Å². The molecule has 0 bridgehead atoms. The Hall–Kier alpha value is -1.09. The van der Waals surface area contributed by atoms with Crippen molar-refractivity contribution in [2.45, 2.75) is 136 Å². The van der Waals surface area contributed by atoms with Crippen LogP contribution in [0.1, 0.15) is 32.1 Å². The summed E-state index contributed by atoms with van der Waals surface area (Å²) in [5.41, 5.74) is 35.8. The van der Waals surface area contributed by atoms with E-state index in [2.05, 4.69) is 5.32 Å². The van der Waals surface area contributed by atoms with Gasteiger partial charge < -0.3 is 98.8 Å². The number of rotatable bonds is 17. The third kappa shape index (κ3) is 9.91. The van der Waals surface area contributed by atoms with E-state index >= 15 is 0 Å². The number of carbonyl (C=O) groups is 1. The Kier molecular flexibility index (Phi) is 16.1. The van der Waals surface area contributed by atoms with E-state index in [1.54, 1.807) is 0 Å². The van der Waals surface area contributed by atoms with Crippen molar-refractivity contribution in [3.8, 4) is 0 Å². The van der Waals surface area contributed by atoms with E-state index in [4.69, 9.17) is 62.8 Å². The summed E-state index contributed by atoms with van der Waals surface area (Å²) in [7, 11) is 0. The van der Waals surface area contributed by atoms with Crippen molar-refractivity contribution in [3.05, 3.63) is 0 Å². The van der Waals surface area contributed by atoms with Gasteiger partial charge in [-0.3, -0.25) is 4.79 Å². The standard InChI is InChI=1S/C30H59N7O13/c31-4-1-5-37-10-13-2-3-14(34)28(45-13)48-25-15(35)6-12(7-16(39)17(40)8-32)21(41)27(25)50-30-24(44)26(19(11-38)47-30)49-29-20(36)23(43)22(42)18(9-33)46-29/h12-15,17-30,37-38,40-44H,1-11,31-36H2/t12-,13-,14+,15-,17?,18-,19+,20+,21-,22+,23+,24+,25+,26+,27+,28+,29+,30-/m0/s1. The molecule has 19 N–H and O–H groups in total. The fourth-order valence-electron chi connectivity index (χ4n) is 6.91. The van der Waals surface area contributed by atoms with E-state index in [1.165, 1.54) is 0 Å². The van der Waals surface area contributed by atoms with Gasteiger partial charge in [0.25, 0.3) is 0 Å². The Morgan fingerprint density at radius 1 is 0.800 bits per heavy atom. The number of nitrogens with two attached hydrogens (primary N) is 6. The molecule has 292 valence electrons. The van der Waals surface area contributed by atoms with Crippen LogP contribution in [-0.4, -0.2) is 180 Å². The minimum absolute atomic E-state index is 0.0905. The van der Waals surface area contributed by atoms with Gasteiger partial charge in [-0.15, -0.1) is 0 Å². The predicted octanol–water partition coefficient (Wildman–Crippen LogP) is -7.29. The van der Waals surface area contributed by atoms with Crippen molar-refractivity contribution in [1.29, 1.82) is 0 Å². The molecule has 1 saturated carbocycles. The minimum atomic E-state index is -1.62. The van der Waals surface area contributed by atoms with Crippen molar-refractivity contribution < 1.29 is 63.9 Å². The maximum atomic E-state index is 12.7. The molecule has 1 aliphatic carbocycles. The lowest BCUT2D eigenvalue weighted by Gasteiger charge is -2.46. The van der Waals surface area contributed by atoms with E-state index < -0.39 is 116 Å². The fraction of sp³-hybridized carbons (Fsp3) is 0.967. The van der Waals surface area contributed by atoms with Crippen LogP contribution in [-0.2, 0) is 33.2 Å². The lowest BCUT2D eigenvalue weighted by atomic mass is 9.76. The highest BCUT2D eigenvalue weighted by atomic mass is 16.8. The van der Waals surface area contributed by atoms with Gasteiger partial charge in [-0.25, -0.2) is 0 Å². The van der Waals surface area contributed by atoms with Crippen molar-refractivity contribution in [3.63, 3.8) is 0 Å². The third-order valence-corrected chi connectivity index (χ3v) is 9.95. The number of hydrogen-bond acceptors (Lipinski definition) is 20. The normalized spacial score (nSPS) is 44.7. The highest BCUT2D eigenvalue weighted by molar-refractivity contribution is 5.83. The number of nitrogens with one attached hydrogen (secondary N) is 1. The summed E-state index contributed by atoms with van der Waals surface area (Å²) in [4.78, 5) is 12.7. The van der Waals surface area contributed by atoms with Gasteiger partial charge in [-0.05, 0) is 44.7 Å². The van der Waals surface area contributed by atoms with Crippen LogP contribution in [0.15, 0.2) is 0 Å². The molecule has 1 unspecified atom stereocenters. The summed E-state index contributed by atoms with van der Waals surface area (Å²) in [6.07, 6.45) is -15.5. The zero-order valence-electron chi connectivity index (χ0n) is 28.2. The maximum Gasteiger partial charge on any atom is 0.187 e. The minimum Gasteiger partial charge on any atom is -0.394 e. The van der Waals surface area contributed by atoms with Crippen molar-refractivity contribution >= 4 is 5.78 Å². The zero-order valence-corrected chi connectivity index (χ0v) is 28.2. The summed E-state index contributed by atoms with van der Waals surface area (Å²) in [6.45, 7) is 0.660. The summed E-state index contributed by atoms with van der Waals surface area (Å²) >= 11 is 0. The van der Waals surface area contributed by atoms with Crippen LogP contribution >= 0.6 is 0 Å². The number of carbonyl (C=O) groups excluding carboxylic acids is 1. The quantitative estimate of drug-likeness (QED) is 0.0619. The van der Waals surface area contributed by atoms with Crippen LogP contribution in [0.4, 0.5) is 0 Å². The van der Waals surface area contributed by atoms with Gasteiger partial charge in [-0.2, -0.15) is 0 Å². The Balaban J connectivity index is 1.52. The summed E-state index contributed by atoms with van der Waals surface area (Å²) < 4.78 is 36.1. The van der Waals surface area contributed by atoms with Crippen molar-refractivity contribution in [2.24, 2.45) is 40.3 Å². The molecule has 4 fully saturated rings. The number of aliphatic hydroxyl groups excluding tert-OH is 6. The van der Waals surface area contributed by atoms with E-state index in [1.807, 2.05) is 0 Å². The van der Waals surface area contributed by atoms with Gasteiger partial charge in [0.2, 0.25) is 0 Å². The van der Waals surface area contributed by atoms with Gasteiger partial charge in [0.1, 0.15) is 54.9 Å². The SMILES string of the molecule is NCCCNC[C@@H]1CC[C@@H](N)[C@@H](O[C@H]2[C@H](O[C@@H]3O[C@H](CO)[C@@H](O[C@H]4O[C@@H](CN)[C@@H](O)[C@H](O)[C@H]4N)[C@H]3O)[C@@H](O)[C@H](CC(=O)C(O)CN)C[C@@H]2N)O1. The Morgan fingerprint density at radius 3 is 2.14 bits per heavy atom. The van der Waals surface area contributed by atoms with Crippen LogP contribution in [0, 0.1) is 5.92 Å². The van der Waals surface area contributed by atoms with Crippen LogP contribution < -0.4 is 39.7 Å². The van der Waals surface area contributed by atoms with E-state index in [-0.39, 0.29) is 32.0 Å². The highest BCUT2D eigenvalue weighted by Crippen LogP contribution is 2.37. The Bertz CT molecular complexity index is 1040. The maximum absolute atomic E-state index is 12.7. The topological polar surface area (TPSA) is 362 Å². The monoisotopic (exact) mass is 725 g/mol. The van der Waals surface area contributed by atoms with Gasteiger partial charge in [-0.1, -0.05) is 0 Å². The second-order valence-electron chi connectivity index (χ2n) is 13.6. The van der Waals surface area contributed by atoms with Crippen LogP contribution in [0.3, 0.4) is 0 Å². The van der Waals surface area contributed by atoms with Crippen LogP contribution in [0.25, 0.3) is 0 Å². The van der Waals surface area contributed by atoms with Crippen LogP contribution in [0.2, 0.25) is 0 Å². The smallest absolute Gasteiger partial charge is 0.187 e. The largest absolute Gasteiger partial charge is 0.394 e. The number of ether oxygens (including phenoxy) is 6. The molecule has 50 heavy (non-hydrogen) atoms. The third-order valence-electron chi connectivity index (χ3n) is 9.95. The molecular weight excluding hydrogens is 666 g/mol. The molecule has 4 aliphatic rings. The molecule has 0 aromatic heterocycles. The average Bonchev–Trinajstić information content (AvgIpc) is 3.40. The molecule has 18 atom stereocenters. The molecule has 3 aliphatic heterocycles. The molecule has 0 spiro atoms. The lowest BCUT2D eigenvalue weighted by molar-refractivity contribution is -0.292. The lowest BCUT2D eigenvalue weighted by Crippen LogP contribution is -2.64. The molecule has 0 aromatic rings. The number of hydrogen-bond donors (Lipinski definition) is 13. The number of Topliss-reactive ketones (excluding diaryl/α,β-unsaturated/α-hetero) is 1. The first-order chi connectivity index (χ1) is 23.8. The first kappa shape index (κ1) is 41.7. The summed E-state index contributed by atoms with van der Waals surface area (Å²) in [5, 5.41) is 67.1. The Labute approximate surface area is 290 Å². The van der Waals surface area contributed by atoms with E-state index in [0.29, 0.717) is 32.5 Å². The van der Waals surface area contributed by atoms with Gasteiger partial charge in [0, 0.05) is 32.1 Å². The molecule has 20 nitrogen and oxygen atoms in total.